The fourth-order valence-electron chi connectivity index (χ4n) is 3.14. The number of hydrogen-bond donors (Lipinski definition) is 1. The predicted molar refractivity (Wildman–Crippen MR) is 111 cm³/mol. The molecule has 1 aliphatic heterocycles. The lowest BCUT2D eigenvalue weighted by Gasteiger charge is -2.17. The summed E-state index contributed by atoms with van der Waals surface area (Å²) in [5, 5.41) is 7.34. The molecule has 0 fully saturated rings. The van der Waals surface area contributed by atoms with E-state index in [1.165, 1.54) is 13.3 Å². The summed E-state index contributed by atoms with van der Waals surface area (Å²) in [5.74, 6) is 0.784. The minimum atomic E-state index is -0.575. The summed E-state index contributed by atoms with van der Waals surface area (Å²) in [6, 6.07) is 11.9. The highest BCUT2D eigenvalue weighted by Crippen LogP contribution is 2.35. The molecule has 30 heavy (non-hydrogen) atoms. The van der Waals surface area contributed by atoms with E-state index in [1.807, 2.05) is 25.1 Å². The average molecular weight is 428 g/mol. The van der Waals surface area contributed by atoms with Crippen LogP contribution in [-0.2, 0) is 4.74 Å². The van der Waals surface area contributed by atoms with Gasteiger partial charge < -0.3 is 19.5 Å². The number of carbonyl (C=O) groups is 1. The number of fused-ring (bicyclic) bond motifs is 1. The molecule has 0 radical (unpaired) electrons. The predicted octanol–water partition coefficient (Wildman–Crippen LogP) is 3.57. The van der Waals surface area contributed by atoms with Gasteiger partial charge in [-0.25, -0.2) is 4.79 Å². The van der Waals surface area contributed by atoms with Crippen LogP contribution in [0.1, 0.15) is 28.9 Å². The molecule has 9 heteroatoms. The molecule has 8 nitrogen and oxygen atoms in total. The van der Waals surface area contributed by atoms with Gasteiger partial charge in [-0.1, -0.05) is 29.8 Å². The number of benzene rings is 2. The second-order valence-corrected chi connectivity index (χ2v) is 6.95. The van der Waals surface area contributed by atoms with Gasteiger partial charge in [-0.2, -0.15) is 9.78 Å². The molecule has 3 aromatic rings. The number of aromatic nitrogens is 2. The van der Waals surface area contributed by atoms with Crippen molar-refractivity contribution < 1.29 is 19.0 Å². The normalized spacial score (nSPS) is 13.0. The van der Waals surface area contributed by atoms with Crippen LogP contribution in [0.15, 0.2) is 53.5 Å². The molecule has 0 aliphatic carbocycles. The van der Waals surface area contributed by atoms with Crippen molar-refractivity contribution in [3.63, 3.8) is 0 Å². The molecule has 1 unspecified atom stereocenters. The summed E-state index contributed by atoms with van der Waals surface area (Å²) in [6.07, 6.45) is 1.45. The second kappa shape index (κ2) is 8.08. The number of anilines is 1. The summed E-state index contributed by atoms with van der Waals surface area (Å²) in [7, 11) is 1.27. The van der Waals surface area contributed by atoms with Crippen molar-refractivity contribution in [1.82, 2.24) is 9.78 Å². The summed E-state index contributed by atoms with van der Waals surface area (Å²) in [6.45, 7) is 2.12. The molecule has 1 atom stereocenters. The van der Waals surface area contributed by atoms with Crippen LogP contribution in [0.25, 0.3) is 5.69 Å². The lowest BCUT2D eigenvalue weighted by atomic mass is 10.1. The van der Waals surface area contributed by atoms with Gasteiger partial charge in [-0.05, 0) is 36.8 Å². The number of carbonyl (C=O) groups excluding carboxylic acids is 1. The van der Waals surface area contributed by atoms with Gasteiger partial charge in [0.05, 0.1) is 30.2 Å². The van der Waals surface area contributed by atoms with E-state index in [0.29, 0.717) is 17.2 Å². The maximum Gasteiger partial charge on any atom is 0.340 e. The van der Waals surface area contributed by atoms with Gasteiger partial charge in [-0.15, -0.1) is 0 Å². The summed E-state index contributed by atoms with van der Waals surface area (Å²) in [4.78, 5) is 24.9. The first-order chi connectivity index (χ1) is 14.5. The van der Waals surface area contributed by atoms with E-state index in [2.05, 4.69) is 10.4 Å². The van der Waals surface area contributed by atoms with Crippen molar-refractivity contribution in [3.05, 3.63) is 75.2 Å². The third-order valence-corrected chi connectivity index (χ3v) is 5.09. The van der Waals surface area contributed by atoms with E-state index >= 15 is 0 Å². The third-order valence-electron chi connectivity index (χ3n) is 4.73. The molecule has 0 saturated heterocycles. The first kappa shape index (κ1) is 19.8. The van der Waals surface area contributed by atoms with Crippen LogP contribution in [0.4, 0.5) is 5.69 Å². The topological polar surface area (TPSA) is 91.7 Å². The van der Waals surface area contributed by atoms with Crippen molar-refractivity contribution in [3.8, 4) is 17.2 Å². The van der Waals surface area contributed by atoms with Crippen molar-refractivity contribution in [2.45, 2.75) is 13.0 Å². The molecule has 4 rings (SSSR count). The van der Waals surface area contributed by atoms with Crippen molar-refractivity contribution in [2.24, 2.45) is 0 Å². The van der Waals surface area contributed by atoms with Gasteiger partial charge in [0.1, 0.15) is 5.02 Å². The maximum absolute atomic E-state index is 12.9. The van der Waals surface area contributed by atoms with Crippen LogP contribution in [0.2, 0.25) is 5.02 Å². The minimum absolute atomic E-state index is 0.0442. The number of hydrogen-bond acceptors (Lipinski definition) is 7. The first-order valence-electron chi connectivity index (χ1n) is 9.11. The summed E-state index contributed by atoms with van der Waals surface area (Å²) in [5.41, 5.74) is 1.23. The zero-order valence-corrected chi connectivity index (χ0v) is 17.0. The van der Waals surface area contributed by atoms with E-state index in [1.54, 1.807) is 24.3 Å². The fraction of sp³-hybridized carbons (Fsp3) is 0.190. The van der Waals surface area contributed by atoms with Crippen molar-refractivity contribution >= 4 is 23.3 Å². The van der Waals surface area contributed by atoms with E-state index in [4.69, 9.17) is 25.8 Å². The number of methoxy groups -OCH3 is 1. The van der Waals surface area contributed by atoms with Gasteiger partial charge in [-0.3, -0.25) is 4.79 Å². The van der Waals surface area contributed by atoms with Gasteiger partial charge >= 0.3 is 5.97 Å². The van der Waals surface area contributed by atoms with Gasteiger partial charge in [0.25, 0.3) is 5.56 Å². The van der Waals surface area contributed by atoms with Crippen LogP contribution >= 0.6 is 11.6 Å². The van der Waals surface area contributed by atoms with Crippen LogP contribution in [0.3, 0.4) is 0 Å². The smallest absolute Gasteiger partial charge is 0.340 e. The Morgan fingerprint density at radius 3 is 2.80 bits per heavy atom. The Morgan fingerprint density at radius 2 is 2.00 bits per heavy atom. The molecule has 0 amide bonds. The Morgan fingerprint density at radius 1 is 1.23 bits per heavy atom. The van der Waals surface area contributed by atoms with Crippen LogP contribution in [-0.4, -0.2) is 29.7 Å². The quantitative estimate of drug-likeness (QED) is 0.622. The summed E-state index contributed by atoms with van der Waals surface area (Å²) >= 11 is 6.34. The number of halogens is 1. The highest BCUT2D eigenvalue weighted by Gasteiger charge is 2.19. The first-order valence-corrected chi connectivity index (χ1v) is 9.49. The number of ether oxygens (including phenoxy) is 3. The molecule has 154 valence electrons. The van der Waals surface area contributed by atoms with E-state index in [-0.39, 0.29) is 29.1 Å². The van der Waals surface area contributed by atoms with E-state index in [9.17, 15) is 9.59 Å². The Hall–Kier alpha value is -3.52. The van der Waals surface area contributed by atoms with Crippen molar-refractivity contribution in [2.75, 3.05) is 19.2 Å². The second-order valence-electron chi connectivity index (χ2n) is 6.58. The highest BCUT2D eigenvalue weighted by molar-refractivity contribution is 6.33. The molecular weight excluding hydrogens is 410 g/mol. The molecule has 0 spiro atoms. The fourth-order valence-corrected chi connectivity index (χ4v) is 3.33. The number of nitrogens with zero attached hydrogens (tertiary/aromatic N) is 2. The molecule has 0 saturated carbocycles. The van der Waals surface area contributed by atoms with Gasteiger partial charge in [0, 0.05) is 6.04 Å². The maximum atomic E-state index is 12.9. The number of rotatable bonds is 5. The SMILES string of the molecule is COC(=O)c1ccccc1-n1ncc(NC(C)c2ccc3c(c2)OCO3)c(Cl)c1=O. The monoisotopic (exact) mass is 427 g/mol. The van der Waals surface area contributed by atoms with Crippen LogP contribution in [0.5, 0.6) is 11.5 Å². The Bertz CT molecular complexity index is 1180. The third kappa shape index (κ3) is 3.57. The Labute approximate surface area is 176 Å². The van der Waals surface area contributed by atoms with Gasteiger partial charge in [0.15, 0.2) is 11.5 Å². The zero-order chi connectivity index (χ0) is 21.3. The largest absolute Gasteiger partial charge is 0.465 e. The summed E-state index contributed by atoms with van der Waals surface area (Å²) < 4.78 is 16.6. The zero-order valence-electron chi connectivity index (χ0n) is 16.2. The van der Waals surface area contributed by atoms with E-state index in [0.717, 1.165) is 10.2 Å². The molecule has 0 bridgehead atoms. The molecule has 2 aromatic carbocycles. The minimum Gasteiger partial charge on any atom is -0.465 e. The average Bonchev–Trinajstić information content (AvgIpc) is 3.24. The van der Waals surface area contributed by atoms with Crippen LogP contribution in [0, 0.1) is 0 Å². The van der Waals surface area contributed by atoms with E-state index < -0.39 is 11.5 Å². The molecular formula is C21H18ClN3O5. The number of para-hydroxylation sites is 1. The van der Waals surface area contributed by atoms with Crippen LogP contribution < -0.4 is 20.3 Å². The molecule has 2 heterocycles. The number of esters is 1. The molecule has 1 aliphatic rings. The number of nitrogens with one attached hydrogen (secondary N) is 1. The standard InChI is InChI=1S/C21H18ClN3O5/c1-12(13-7-8-17-18(9-13)30-11-29-17)24-15-10-23-25(20(26)19(15)22)16-6-4-3-5-14(16)21(27)28-2/h3-10,12,24H,11H2,1-2H3. The van der Waals surface area contributed by atoms with Gasteiger partial charge in [0.2, 0.25) is 6.79 Å². The van der Waals surface area contributed by atoms with Crippen molar-refractivity contribution in [1.29, 1.82) is 0 Å². The molecule has 1 N–H and O–H groups in total. The lowest BCUT2D eigenvalue weighted by Crippen LogP contribution is -2.25. The lowest BCUT2D eigenvalue weighted by molar-refractivity contribution is 0.0600. The Balaban J connectivity index is 1.64. The highest BCUT2D eigenvalue weighted by atomic mass is 35.5. The molecule has 1 aromatic heterocycles. The Kier molecular flexibility index (Phi) is 5.33.